The lowest BCUT2D eigenvalue weighted by molar-refractivity contribution is -0.114. The van der Waals surface area contributed by atoms with Crippen LogP contribution in [0.4, 0.5) is 5.69 Å². The molecule has 0 radical (unpaired) electrons. The number of carbonyl (C=O) groups excluding carboxylic acids is 2. The highest BCUT2D eigenvalue weighted by atomic mass is 16.1. The van der Waals surface area contributed by atoms with Gasteiger partial charge in [-0.3, -0.25) is 9.59 Å². The normalized spacial score (nSPS) is 13.6. The molecule has 0 aliphatic heterocycles. The Morgan fingerprint density at radius 2 is 1.92 bits per heavy atom. The van der Waals surface area contributed by atoms with E-state index in [1.165, 1.54) is 6.92 Å². The Balaban J connectivity index is 3.58. The summed E-state index contributed by atoms with van der Waals surface area (Å²) in [4.78, 5) is 21.9. The van der Waals surface area contributed by atoms with Gasteiger partial charge < -0.3 is 11.1 Å². The van der Waals surface area contributed by atoms with E-state index in [1.54, 1.807) is 0 Å². The maximum absolute atomic E-state index is 11.0. The molecular weight excluding hydrogens is 168 g/mol. The molecule has 0 fully saturated rings. The van der Waals surface area contributed by atoms with Gasteiger partial charge in [-0.25, -0.2) is 0 Å². The van der Waals surface area contributed by atoms with Gasteiger partial charge in [0.2, 0.25) is 11.8 Å². The lowest BCUT2D eigenvalue weighted by atomic mass is 10.2. The molecule has 1 aromatic carbocycles. The molecule has 0 bridgehead atoms. The molecule has 0 saturated heterocycles. The van der Waals surface area contributed by atoms with E-state index in [0.717, 1.165) is 0 Å². The summed E-state index contributed by atoms with van der Waals surface area (Å²) >= 11 is 0. The molecule has 68 valence electrons. The number of anilines is 1. The van der Waals surface area contributed by atoms with Gasteiger partial charge in [-0.15, -0.1) is 0 Å². The molecule has 1 rings (SSSR count). The third-order valence-corrected chi connectivity index (χ3v) is 1.17. The fraction of sp³-hybridized carbons (Fsp3) is 0.111. The Kier molecular flexibility index (Phi) is 1.43. The summed E-state index contributed by atoms with van der Waals surface area (Å²) in [5.74, 6) is -1.58. The molecule has 3 N–H and O–H groups in total. The molecule has 0 aliphatic rings. The van der Waals surface area contributed by atoms with Crippen LogP contribution >= 0.6 is 0 Å². The Bertz CT molecular complexity index is 487. The molecule has 0 spiro atoms. The van der Waals surface area contributed by atoms with Crippen molar-refractivity contribution >= 4 is 17.5 Å². The Hall–Kier alpha value is -1.84. The van der Waals surface area contributed by atoms with Crippen molar-refractivity contribution in [3.63, 3.8) is 0 Å². The minimum atomic E-state index is -1.05. The molecule has 13 heavy (non-hydrogen) atoms. The lowest BCUT2D eigenvalue weighted by Gasteiger charge is -2.01. The summed E-state index contributed by atoms with van der Waals surface area (Å²) in [7, 11) is 0. The third-order valence-electron chi connectivity index (χ3n) is 1.17. The van der Waals surface area contributed by atoms with Gasteiger partial charge in [0.05, 0.1) is 5.48 Å². The number of primary amides is 1. The molecule has 0 unspecified atom stereocenters. The van der Waals surface area contributed by atoms with Crippen LogP contribution in [-0.2, 0) is 4.79 Å². The highest BCUT2D eigenvalue weighted by Crippen LogP contribution is 2.08. The van der Waals surface area contributed by atoms with Gasteiger partial charge in [-0.2, -0.15) is 0 Å². The molecule has 1 aromatic rings. The number of nitrogens with two attached hydrogens (primary N) is 1. The number of hydrogen-bond donors (Lipinski definition) is 2. The zero-order valence-electron chi connectivity index (χ0n) is 10.9. The monoisotopic (exact) mass is 182 g/mol. The number of nitrogens with one attached hydrogen (secondary N) is 1. The molecule has 0 heterocycles. The van der Waals surface area contributed by atoms with E-state index >= 15 is 0 Å². The standard InChI is InChI=1S/C9H10N2O2/c1-6(12)11-8-4-2-7(3-5-8)9(10)13/h2-5H,1H3,(H2,10,13)(H,11,12)/i2D,3D,4D,5D. The van der Waals surface area contributed by atoms with E-state index in [1.807, 2.05) is 0 Å². The van der Waals surface area contributed by atoms with Gasteiger partial charge in [-0.05, 0) is 24.2 Å². The number of carbonyl (C=O) groups is 2. The van der Waals surface area contributed by atoms with Crippen molar-refractivity contribution in [2.45, 2.75) is 6.92 Å². The van der Waals surface area contributed by atoms with Crippen LogP contribution in [0.25, 0.3) is 0 Å². The quantitative estimate of drug-likeness (QED) is 0.708. The topological polar surface area (TPSA) is 72.2 Å². The summed E-state index contributed by atoms with van der Waals surface area (Å²) in [6.45, 7) is 1.17. The Morgan fingerprint density at radius 3 is 2.31 bits per heavy atom. The number of rotatable bonds is 2. The largest absolute Gasteiger partial charge is 0.366 e. The highest BCUT2D eigenvalue weighted by Gasteiger charge is 1.99. The molecule has 0 atom stereocenters. The first-order valence-electron chi connectivity index (χ1n) is 5.45. The smallest absolute Gasteiger partial charge is 0.248 e. The van der Waals surface area contributed by atoms with Gasteiger partial charge in [-0.1, -0.05) is 0 Å². The van der Waals surface area contributed by atoms with Crippen LogP contribution in [0, 0.1) is 0 Å². The average molecular weight is 182 g/mol. The molecule has 4 heteroatoms. The first-order valence-corrected chi connectivity index (χ1v) is 3.45. The molecular formula is C9H10N2O2. The summed E-state index contributed by atoms with van der Waals surface area (Å²) in [6.07, 6.45) is 0. The first-order chi connectivity index (χ1) is 7.77. The minimum absolute atomic E-state index is 0.266. The summed E-state index contributed by atoms with van der Waals surface area (Å²) in [5.41, 5.74) is 4.21. The predicted molar refractivity (Wildman–Crippen MR) is 49.3 cm³/mol. The SMILES string of the molecule is [2H]c1c([2H])c(C(N)=O)c([2H])c([2H])c1NC(C)=O. The maximum Gasteiger partial charge on any atom is 0.248 e. The van der Waals surface area contributed by atoms with Gasteiger partial charge in [0, 0.05) is 18.2 Å². The van der Waals surface area contributed by atoms with E-state index in [0.29, 0.717) is 0 Å². The van der Waals surface area contributed by atoms with E-state index in [-0.39, 0.29) is 5.69 Å². The molecule has 0 saturated carbocycles. The van der Waals surface area contributed by atoms with Crippen molar-refractivity contribution in [2.24, 2.45) is 5.73 Å². The predicted octanol–water partition coefficient (Wildman–Crippen LogP) is 0.744. The summed E-state index contributed by atoms with van der Waals surface area (Å²) in [6, 6.07) is -2.14. The zero-order valence-corrected chi connectivity index (χ0v) is 6.89. The zero-order chi connectivity index (χ0) is 13.3. The second-order valence-corrected chi connectivity index (χ2v) is 2.30. The Labute approximate surface area is 81.4 Å². The average Bonchev–Trinajstić information content (AvgIpc) is 2.21. The fourth-order valence-corrected chi connectivity index (χ4v) is 0.674. The van der Waals surface area contributed by atoms with E-state index in [2.05, 4.69) is 5.32 Å². The fourth-order valence-electron chi connectivity index (χ4n) is 0.674. The lowest BCUT2D eigenvalue weighted by Crippen LogP contribution is -2.11. The van der Waals surface area contributed by atoms with Gasteiger partial charge >= 0.3 is 0 Å². The second-order valence-electron chi connectivity index (χ2n) is 2.30. The molecule has 0 aliphatic carbocycles. The summed E-state index contributed by atoms with van der Waals surface area (Å²) in [5, 5.41) is 2.18. The third kappa shape index (κ3) is 2.59. The minimum Gasteiger partial charge on any atom is -0.366 e. The van der Waals surface area contributed by atoms with Gasteiger partial charge in [0.1, 0.15) is 0 Å². The van der Waals surface area contributed by atoms with Crippen LogP contribution in [0.3, 0.4) is 0 Å². The van der Waals surface area contributed by atoms with E-state index in [4.69, 9.17) is 11.2 Å². The van der Waals surface area contributed by atoms with Crippen LogP contribution < -0.4 is 11.1 Å². The highest BCUT2D eigenvalue weighted by molar-refractivity contribution is 5.94. The second kappa shape index (κ2) is 3.71. The van der Waals surface area contributed by atoms with E-state index < -0.39 is 41.5 Å². The van der Waals surface area contributed by atoms with Crippen molar-refractivity contribution < 1.29 is 15.1 Å². The number of hydrogen-bond acceptors (Lipinski definition) is 2. The van der Waals surface area contributed by atoms with Crippen molar-refractivity contribution in [1.29, 1.82) is 0 Å². The van der Waals surface area contributed by atoms with Crippen molar-refractivity contribution in [3.05, 3.63) is 29.7 Å². The van der Waals surface area contributed by atoms with Crippen LogP contribution in [0.5, 0.6) is 0 Å². The van der Waals surface area contributed by atoms with Crippen LogP contribution in [-0.4, -0.2) is 11.8 Å². The van der Waals surface area contributed by atoms with E-state index in [9.17, 15) is 9.59 Å². The Morgan fingerprint density at radius 1 is 1.38 bits per heavy atom. The van der Waals surface area contributed by atoms with Crippen molar-refractivity contribution in [3.8, 4) is 0 Å². The van der Waals surface area contributed by atoms with Crippen LogP contribution in [0.2, 0.25) is 0 Å². The van der Waals surface area contributed by atoms with Crippen molar-refractivity contribution in [1.82, 2.24) is 0 Å². The number of benzene rings is 1. The molecule has 4 nitrogen and oxygen atoms in total. The van der Waals surface area contributed by atoms with Crippen molar-refractivity contribution in [2.75, 3.05) is 5.32 Å². The maximum atomic E-state index is 11.0. The number of amides is 2. The summed E-state index contributed by atoms with van der Waals surface area (Å²) < 4.78 is 30.1. The van der Waals surface area contributed by atoms with Crippen LogP contribution in [0.15, 0.2) is 24.2 Å². The van der Waals surface area contributed by atoms with Gasteiger partial charge in [0.25, 0.3) is 0 Å². The van der Waals surface area contributed by atoms with Gasteiger partial charge in [0.15, 0.2) is 0 Å². The van der Waals surface area contributed by atoms with Crippen LogP contribution in [0.1, 0.15) is 22.8 Å². The molecule has 2 amide bonds. The molecule has 0 aromatic heterocycles. The first kappa shape index (κ1) is 5.01.